The highest BCUT2D eigenvalue weighted by atomic mass is 16.6. The maximum Gasteiger partial charge on any atom is 0.336 e. The first-order valence-electron chi connectivity index (χ1n) is 6.67. The van der Waals surface area contributed by atoms with Crippen LogP contribution in [0.5, 0.6) is 5.75 Å². The minimum atomic E-state index is -0.529. The van der Waals surface area contributed by atoms with Crippen molar-refractivity contribution in [1.82, 2.24) is 0 Å². The number of hydrogen-bond acceptors (Lipinski definition) is 4. The molecule has 0 bridgehead atoms. The zero-order chi connectivity index (χ0) is 16.1. The lowest BCUT2D eigenvalue weighted by molar-refractivity contribution is -0.384. The van der Waals surface area contributed by atoms with Crippen molar-refractivity contribution < 1.29 is 14.5 Å². The summed E-state index contributed by atoms with van der Waals surface area (Å²) in [5.74, 6) is -0.0299. The number of esters is 1. The lowest BCUT2D eigenvalue weighted by Crippen LogP contribution is -2.04. The monoisotopic (exact) mass is 297 g/mol. The van der Waals surface area contributed by atoms with E-state index in [9.17, 15) is 14.9 Å². The van der Waals surface area contributed by atoms with Gasteiger partial charge < -0.3 is 4.74 Å². The Bertz CT molecular complexity index is 750. The summed E-state index contributed by atoms with van der Waals surface area (Å²) in [5, 5.41) is 10.7. The Morgan fingerprint density at radius 1 is 1.18 bits per heavy atom. The summed E-state index contributed by atoms with van der Waals surface area (Å²) in [5.41, 5.74) is 2.50. The van der Waals surface area contributed by atoms with E-state index in [1.807, 2.05) is 26.0 Å². The van der Waals surface area contributed by atoms with Gasteiger partial charge in [-0.25, -0.2) is 4.79 Å². The van der Waals surface area contributed by atoms with E-state index >= 15 is 0 Å². The number of non-ortho nitro benzene ring substituents is 1. The van der Waals surface area contributed by atoms with Crippen LogP contribution in [0.1, 0.15) is 16.7 Å². The maximum atomic E-state index is 11.8. The molecule has 0 saturated heterocycles. The molecule has 0 N–H and O–H groups in total. The highest BCUT2D eigenvalue weighted by Crippen LogP contribution is 2.19. The number of carbonyl (C=O) groups excluding carboxylic acids is 1. The molecule has 0 atom stereocenters. The number of ether oxygens (including phenoxy) is 1. The Morgan fingerprint density at radius 2 is 1.95 bits per heavy atom. The Kier molecular flexibility index (Phi) is 4.68. The zero-order valence-corrected chi connectivity index (χ0v) is 12.3. The first-order valence-corrected chi connectivity index (χ1v) is 6.67. The van der Waals surface area contributed by atoms with Crippen molar-refractivity contribution in [2.24, 2.45) is 0 Å². The third-order valence-corrected chi connectivity index (χ3v) is 3.03. The van der Waals surface area contributed by atoms with E-state index in [1.165, 1.54) is 24.3 Å². The normalized spacial score (nSPS) is 10.6. The zero-order valence-electron chi connectivity index (χ0n) is 12.3. The molecule has 0 aliphatic heterocycles. The number of nitrogens with zero attached hydrogens (tertiary/aromatic N) is 1. The SMILES string of the molecule is Cc1ccc(OC(=O)/C=C/c2cccc([N+](=O)[O-])c2)c(C)c1. The fourth-order valence-corrected chi connectivity index (χ4v) is 1.96. The largest absolute Gasteiger partial charge is 0.423 e. The lowest BCUT2D eigenvalue weighted by atomic mass is 10.1. The van der Waals surface area contributed by atoms with E-state index < -0.39 is 10.9 Å². The third-order valence-electron chi connectivity index (χ3n) is 3.03. The van der Waals surface area contributed by atoms with Crippen LogP contribution in [-0.2, 0) is 4.79 Å². The van der Waals surface area contributed by atoms with Gasteiger partial charge in [-0.3, -0.25) is 10.1 Å². The van der Waals surface area contributed by atoms with E-state index in [-0.39, 0.29) is 5.69 Å². The summed E-state index contributed by atoms with van der Waals surface area (Å²) in [6, 6.07) is 11.5. The predicted molar refractivity (Wildman–Crippen MR) is 83.7 cm³/mol. The molecule has 0 spiro atoms. The molecule has 0 amide bonds. The Balaban J connectivity index is 2.08. The number of nitro groups is 1. The summed E-state index contributed by atoms with van der Waals surface area (Å²) in [7, 11) is 0. The van der Waals surface area contributed by atoms with Crippen molar-refractivity contribution >= 4 is 17.7 Å². The molecule has 5 nitrogen and oxygen atoms in total. The van der Waals surface area contributed by atoms with Gasteiger partial charge in [0.1, 0.15) is 5.75 Å². The molecule has 0 aromatic heterocycles. The molecule has 0 unspecified atom stereocenters. The average Bonchev–Trinajstić information content (AvgIpc) is 2.48. The van der Waals surface area contributed by atoms with Crippen LogP contribution in [0.25, 0.3) is 6.08 Å². The molecule has 0 heterocycles. The van der Waals surface area contributed by atoms with Crippen molar-refractivity contribution in [1.29, 1.82) is 0 Å². The van der Waals surface area contributed by atoms with Gasteiger partial charge in [0.25, 0.3) is 5.69 Å². The van der Waals surface area contributed by atoms with E-state index in [4.69, 9.17) is 4.74 Å². The van der Waals surface area contributed by atoms with Gasteiger partial charge in [-0.2, -0.15) is 0 Å². The fourth-order valence-electron chi connectivity index (χ4n) is 1.96. The molecule has 0 aliphatic carbocycles. The summed E-state index contributed by atoms with van der Waals surface area (Å²) in [4.78, 5) is 22.0. The van der Waals surface area contributed by atoms with Gasteiger partial charge in [0, 0.05) is 18.2 Å². The first-order chi connectivity index (χ1) is 10.5. The fraction of sp³-hybridized carbons (Fsp3) is 0.118. The van der Waals surface area contributed by atoms with Crippen LogP contribution in [0, 0.1) is 24.0 Å². The van der Waals surface area contributed by atoms with E-state index in [0.717, 1.165) is 11.1 Å². The van der Waals surface area contributed by atoms with Crippen LogP contribution in [0.2, 0.25) is 0 Å². The van der Waals surface area contributed by atoms with E-state index in [2.05, 4.69) is 0 Å². The molecule has 0 saturated carbocycles. The van der Waals surface area contributed by atoms with Gasteiger partial charge in [-0.15, -0.1) is 0 Å². The molecule has 5 heteroatoms. The third kappa shape index (κ3) is 4.02. The van der Waals surface area contributed by atoms with Gasteiger partial charge in [-0.1, -0.05) is 29.8 Å². The van der Waals surface area contributed by atoms with Crippen LogP contribution in [0.15, 0.2) is 48.5 Å². The van der Waals surface area contributed by atoms with E-state index in [0.29, 0.717) is 11.3 Å². The smallest absolute Gasteiger partial charge is 0.336 e. The van der Waals surface area contributed by atoms with Crippen molar-refractivity contribution in [2.75, 3.05) is 0 Å². The van der Waals surface area contributed by atoms with Crippen LogP contribution in [0.3, 0.4) is 0 Å². The number of aryl methyl sites for hydroxylation is 2. The molecule has 2 aromatic carbocycles. The number of hydrogen-bond donors (Lipinski definition) is 0. The topological polar surface area (TPSA) is 69.4 Å². The Morgan fingerprint density at radius 3 is 2.64 bits per heavy atom. The second-order valence-corrected chi connectivity index (χ2v) is 4.88. The highest BCUT2D eigenvalue weighted by Gasteiger charge is 2.06. The number of nitro benzene ring substituents is 1. The molecule has 0 aliphatic rings. The van der Waals surface area contributed by atoms with Gasteiger partial charge in [-0.05, 0) is 37.1 Å². The Labute approximate surface area is 128 Å². The summed E-state index contributed by atoms with van der Waals surface area (Å²) in [6.45, 7) is 3.82. The van der Waals surface area contributed by atoms with Crippen LogP contribution in [-0.4, -0.2) is 10.9 Å². The maximum absolute atomic E-state index is 11.8. The number of carbonyl (C=O) groups is 1. The summed E-state index contributed by atoms with van der Waals surface area (Å²) >= 11 is 0. The molecule has 0 fully saturated rings. The molecular weight excluding hydrogens is 282 g/mol. The van der Waals surface area contributed by atoms with Crippen molar-refractivity contribution in [3.8, 4) is 5.75 Å². The standard InChI is InChI=1S/C17H15NO4/c1-12-6-8-16(13(2)10-12)22-17(19)9-7-14-4-3-5-15(11-14)18(20)21/h3-11H,1-2H3/b9-7+. The van der Waals surface area contributed by atoms with Crippen LogP contribution >= 0.6 is 0 Å². The van der Waals surface area contributed by atoms with Crippen molar-refractivity contribution in [2.45, 2.75) is 13.8 Å². The number of benzene rings is 2. The second-order valence-electron chi connectivity index (χ2n) is 4.88. The minimum Gasteiger partial charge on any atom is -0.423 e. The van der Waals surface area contributed by atoms with Crippen LogP contribution < -0.4 is 4.74 Å². The molecular formula is C17H15NO4. The van der Waals surface area contributed by atoms with Crippen molar-refractivity contribution in [3.63, 3.8) is 0 Å². The Hall–Kier alpha value is -2.95. The molecule has 0 radical (unpaired) electrons. The predicted octanol–water partition coefficient (Wildman–Crippen LogP) is 3.83. The lowest BCUT2D eigenvalue weighted by Gasteiger charge is -2.05. The van der Waals surface area contributed by atoms with Gasteiger partial charge in [0.2, 0.25) is 0 Å². The van der Waals surface area contributed by atoms with E-state index in [1.54, 1.807) is 18.2 Å². The minimum absolute atomic E-state index is 0.0232. The van der Waals surface area contributed by atoms with Gasteiger partial charge in [0.05, 0.1) is 4.92 Å². The van der Waals surface area contributed by atoms with Crippen molar-refractivity contribution in [3.05, 3.63) is 75.3 Å². The number of rotatable bonds is 4. The second kappa shape index (κ2) is 6.67. The van der Waals surface area contributed by atoms with Crippen LogP contribution in [0.4, 0.5) is 5.69 Å². The summed E-state index contributed by atoms with van der Waals surface area (Å²) in [6.07, 6.45) is 2.73. The van der Waals surface area contributed by atoms with Gasteiger partial charge >= 0.3 is 5.97 Å². The summed E-state index contributed by atoms with van der Waals surface area (Å²) < 4.78 is 5.24. The highest BCUT2D eigenvalue weighted by molar-refractivity contribution is 5.89. The van der Waals surface area contributed by atoms with Gasteiger partial charge in [0.15, 0.2) is 0 Å². The molecule has 112 valence electrons. The molecule has 2 aromatic rings. The first kappa shape index (κ1) is 15.4. The average molecular weight is 297 g/mol. The molecule has 22 heavy (non-hydrogen) atoms. The molecule has 2 rings (SSSR count). The quantitative estimate of drug-likeness (QED) is 0.283.